The van der Waals surface area contributed by atoms with Crippen molar-refractivity contribution in [3.8, 4) is 11.5 Å². The number of rotatable bonds is 8. The summed E-state index contributed by atoms with van der Waals surface area (Å²) in [4.78, 5) is 30.6. The summed E-state index contributed by atoms with van der Waals surface area (Å²) in [6.45, 7) is 8.18. The van der Waals surface area contributed by atoms with Crippen LogP contribution in [0.5, 0.6) is 11.5 Å². The van der Waals surface area contributed by atoms with Crippen LogP contribution in [0.2, 0.25) is 0 Å². The van der Waals surface area contributed by atoms with Crippen molar-refractivity contribution in [2.45, 2.75) is 27.4 Å². The number of amides is 2. The van der Waals surface area contributed by atoms with E-state index in [1.807, 2.05) is 37.3 Å². The summed E-state index contributed by atoms with van der Waals surface area (Å²) in [5.41, 5.74) is 4.65. The van der Waals surface area contributed by atoms with Gasteiger partial charge in [0.2, 0.25) is 0 Å². The van der Waals surface area contributed by atoms with Gasteiger partial charge in [-0.1, -0.05) is 26.0 Å². The van der Waals surface area contributed by atoms with Crippen LogP contribution in [0.1, 0.15) is 45.8 Å². The van der Waals surface area contributed by atoms with E-state index < -0.39 is 0 Å². The van der Waals surface area contributed by atoms with Crippen LogP contribution in [-0.2, 0) is 11.3 Å². The largest absolute Gasteiger partial charge is 0.486 e. The second-order valence-corrected chi connectivity index (χ2v) is 9.92. The third-order valence-corrected chi connectivity index (χ3v) is 6.26. The van der Waals surface area contributed by atoms with Crippen molar-refractivity contribution in [2.24, 2.45) is 5.92 Å². The van der Waals surface area contributed by atoms with Crippen LogP contribution >= 0.6 is 0 Å². The Bertz CT molecular complexity index is 1530. The molecule has 3 aromatic carbocycles. The summed E-state index contributed by atoms with van der Waals surface area (Å²) >= 11 is 0. The van der Waals surface area contributed by atoms with Gasteiger partial charge >= 0.3 is 0 Å². The first-order valence-electron chi connectivity index (χ1n) is 13.0. The standard InChI is InChI=1S/C31H31N3O5/c1-19(2)17-37-18-25-9-5-21-14-22(6-10-26(21)32-25)31(36)34-27-16-24(8-4-20(27)3)33-30(35)23-7-11-28-29(15-23)39-13-12-38-28/h4-11,14-16,19H,12-13,17-18H2,1-3H3,(H,33,35)(H,34,36). The number of anilines is 2. The molecule has 1 aliphatic heterocycles. The van der Waals surface area contributed by atoms with Gasteiger partial charge in [0.15, 0.2) is 11.5 Å². The van der Waals surface area contributed by atoms with Gasteiger partial charge in [0.05, 0.1) is 17.8 Å². The molecule has 2 heterocycles. The zero-order valence-electron chi connectivity index (χ0n) is 22.2. The fourth-order valence-corrected chi connectivity index (χ4v) is 4.21. The molecule has 0 bridgehead atoms. The van der Waals surface area contributed by atoms with Gasteiger partial charge in [0.1, 0.15) is 13.2 Å². The molecular weight excluding hydrogens is 494 g/mol. The molecule has 0 atom stereocenters. The predicted molar refractivity (Wildman–Crippen MR) is 151 cm³/mol. The number of aromatic nitrogens is 1. The Morgan fingerprint density at radius 3 is 2.44 bits per heavy atom. The molecular formula is C31H31N3O5. The van der Waals surface area contributed by atoms with E-state index in [9.17, 15) is 9.59 Å². The molecule has 1 aromatic heterocycles. The number of ether oxygens (including phenoxy) is 3. The van der Waals surface area contributed by atoms with Gasteiger partial charge < -0.3 is 24.8 Å². The van der Waals surface area contributed by atoms with E-state index in [2.05, 4.69) is 29.5 Å². The highest BCUT2D eigenvalue weighted by Gasteiger charge is 2.16. The quantitative estimate of drug-likeness (QED) is 0.293. The van der Waals surface area contributed by atoms with Crippen molar-refractivity contribution < 1.29 is 23.8 Å². The minimum Gasteiger partial charge on any atom is -0.486 e. The third kappa shape index (κ3) is 6.35. The number of hydrogen-bond donors (Lipinski definition) is 2. The lowest BCUT2D eigenvalue weighted by atomic mass is 10.1. The zero-order chi connectivity index (χ0) is 27.4. The smallest absolute Gasteiger partial charge is 0.255 e. The van der Waals surface area contributed by atoms with E-state index >= 15 is 0 Å². The lowest BCUT2D eigenvalue weighted by Gasteiger charge is -2.18. The second-order valence-electron chi connectivity index (χ2n) is 9.92. The first-order valence-corrected chi connectivity index (χ1v) is 13.0. The number of carbonyl (C=O) groups is 2. The normalized spacial score (nSPS) is 12.4. The van der Waals surface area contributed by atoms with Crippen LogP contribution in [0.25, 0.3) is 10.9 Å². The highest BCUT2D eigenvalue weighted by Crippen LogP contribution is 2.31. The maximum Gasteiger partial charge on any atom is 0.255 e. The van der Waals surface area contributed by atoms with Gasteiger partial charge in [-0.05, 0) is 73.0 Å². The number of nitrogens with one attached hydrogen (secondary N) is 2. The molecule has 0 saturated heterocycles. The fraction of sp³-hybridized carbons (Fsp3) is 0.258. The first kappa shape index (κ1) is 26.2. The molecule has 0 spiro atoms. The van der Waals surface area contributed by atoms with E-state index in [1.54, 1.807) is 36.4 Å². The van der Waals surface area contributed by atoms with Gasteiger partial charge in [0, 0.05) is 34.5 Å². The summed E-state index contributed by atoms with van der Waals surface area (Å²) in [7, 11) is 0. The van der Waals surface area contributed by atoms with Crippen molar-refractivity contribution in [3.63, 3.8) is 0 Å². The molecule has 0 radical (unpaired) electrons. The number of fused-ring (bicyclic) bond motifs is 2. The Balaban J connectivity index is 1.26. The van der Waals surface area contributed by atoms with Gasteiger partial charge in [0.25, 0.3) is 11.8 Å². The molecule has 8 heteroatoms. The predicted octanol–water partition coefficient (Wildman–Crippen LogP) is 5.99. The maximum absolute atomic E-state index is 13.1. The van der Waals surface area contributed by atoms with E-state index in [1.165, 1.54) is 0 Å². The lowest BCUT2D eigenvalue weighted by Crippen LogP contribution is -2.17. The van der Waals surface area contributed by atoms with Gasteiger partial charge in [-0.25, -0.2) is 0 Å². The maximum atomic E-state index is 13.1. The Labute approximate surface area is 227 Å². The summed E-state index contributed by atoms with van der Waals surface area (Å²) in [5.74, 6) is 1.10. The average Bonchev–Trinajstić information content (AvgIpc) is 2.94. The zero-order valence-corrected chi connectivity index (χ0v) is 22.2. The molecule has 2 N–H and O–H groups in total. The molecule has 200 valence electrons. The Hall–Kier alpha value is -4.43. The summed E-state index contributed by atoms with van der Waals surface area (Å²) in [6.07, 6.45) is 0. The number of carbonyl (C=O) groups excluding carboxylic acids is 2. The van der Waals surface area contributed by atoms with Crippen LogP contribution in [0.15, 0.2) is 66.7 Å². The molecule has 0 unspecified atom stereocenters. The number of nitrogens with zero attached hydrogens (tertiary/aromatic N) is 1. The van der Waals surface area contributed by atoms with Crippen molar-refractivity contribution in [1.29, 1.82) is 0 Å². The summed E-state index contributed by atoms with van der Waals surface area (Å²) in [6, 6.07) is 19.8. The van der Waals surface area contributed by atoms with E-state index in [0.717, 1.165) is 22.2 Å². The van der Waals surface area contributed by atoms with Crippen LogP contribution in [0, 0.1) is 12.8 Å². The molecule has 2 amide bonds. The van der Waals surface area contributed by atoms with Gasteiger partial charge in [-0.15, -0.1) is 0 Å². The molecule has 39 heavy (non-hydrogen) atoms. The molecule has 0 fully saturated rings. The highest BCUT2D eigenvalue weighted by molar-refractivity contribution is 6.08. The average molecular weight is 526 g/mol. The van der Waals surface area contributed by atoms with Crippen LogP contribution in [0.4, 0.5) is 11.4 Å². The van der Waals surface area contributed by atoms with E-state index in [-0.39, 0.29) is 11.8 Å². The third-order valence-electron chi connectivity index (χ3n) is 6.26. The molecule has 5 rings (SSSR count). The van der Waals surface area contributed by atoms with Crippen LogP contribution < -0.4 is 20.1 Å². The minimum absolute atomic E-state index is 0.250. The van der Waals surface area contributed by atoms with Crippen molar-refractivity contribution in [3.05, 3.63) is 89.1 Å². The monoisotopic (exact) mass is 525 g/mol. The highest BCUT2D eigenvalue weighted by atomic mass is 16.6. The summed E-state index contributed by atoms with van der Waals surface area (Å²) in [5, 5.41) is 6.73. The lowest BCUT2D eigenvalue weighted by molar-refractivity contribution is 0.0950. The first-order chi connectivity index (χ1) is 18.9. The summed E-state index contributed by atoms with van der Waals surface area (Å²) < 4.78 is 16.8. The van der Waals surface area contributed by atoms with Crippen LogP contribution in [-0.4, -0.2) is 36.6 Å². The number of hydrogen-bond acceptors (Lipinski definition) is 6. The minimum atomic E-state index is -0.288. The molecule has 0 aliphatic carbocycles. The molecule has 8 nitrogen and oxygen atoms in total. The van der Waals surface area contributed by atoms with Crippen molar-refractivity contribution >= 4 is 34.1 Å². The van der Waals surface area contributed by atoms with Gasteiger partial charge in [-0.2, -0.15) is 0 Å². The molecule has 0 saturated carbocycles. The second kappa shape index (κ2) is 11.5. The topological polar surface area (TPSA) is 98.8 Å². The fourth-order valence-electron chi connectivity index (χ4n) is 4.21. The number of pyridine rings is 1. The Kier molecular flexibility index (Phi) is 7.74. The number of benzene rings is 3. The SMILES string of the molecule is Cc1ccc(NC(=O)c2ccc3c(c2)OCCO3)cc1NC(=O)c1ccc2nc(COCC(C)C)ccc2c1. The number of aryl methyl sites for hydroxylation is 1. The van der Waals surface area contributed by atoms with E-state index in [4.69, 9.17) is 14.2 Å². The van der Waals surface area contributed by atoms with Crippen molar-refractivity contribution in [2.75, 3.05) is 30.5 Å². The van der Waals surface area contributed by atoms with Gasteiger partial charge in [-0.3, -0.25) is 14.6 Å². The molecule has 1 aliphatic rings. The van der Waals surface area contributed by atoms with Crippen LogP contribution in [0.3, 0.4) is 0 Å². The Morgan fingerprint density at radius 1 is 0.872 bits per heavy atom. The van der Waals surface area contributed by atoms with Crippen molar-refractivity contribution in [1.82, 2.24) is 4.98 Å². The molecule has 4 aromatic rings. The Morgan fingerprint density at radius 2 is 1.62 bits per heavy atom. The van der Waals surface area contributed by atoms with E-state index in [0.29, 0.717) is 66.3 Å².